The fraction of sp³-hybridized carbons (Fsp3) is 0.583. The van der Waals surface area contributed by atoms with Gasteiger partial charge in [-0.25, -0.2) is 13.4 Å². The number of pyridine rings is 1. The van der Waals surface area contributed by atoms with Crippen LogP contribution in [0.25, 0.3) is 0 Å². The Bertz CT molecular complexity index is 600. The first-order valence-corrected chi connectivity index (χ1v) is 8.16. The summed E-state index contributed by atoms with van der Waals surface area (Å²) in [6.45, 7) is 0.0668. The third-order valence-electron chi connectivity index (χ3n) is 3.60. The lowest BCUT2D eigenvalue weighted by molar-refractivity contribution is 0.0333. The highest BCUT2D eigenvalue weighted by Crippen LogP contribution is 2.31. The summed E-state index contributed by atoms with van der Waals surface area (Å²) in [5.74, 6) is 0.0858. The van der Waals surface area contributed by atoms with Crippen molar-refractivity contribution >= 4 is 27.4 Å². The van der Waals surface area contributed by atoms with Crippen molar-refractivity contribution in [1.29, 1.82) is 0 Å². The SMILES string of the molecule is CN(CC1(O)CCCC1)S(=O)(=O)c1cnc(N)c(Cl)c1. The number of rotatable bonds is 4. The molecule has 3 N–H and O–H groups in total. The zero-order valence-electron chi connectivity index (χ0n) is 11.2. The summed E-state index contributed by atoms with van der Waals surface area (Å²) in [4.78, 5) is 3.73. The second kappa shape index (κ2) is 5.48. The third-order valence-corrected chi connectivity index (χ3v) is 5.68. The lowest BCUT2D eigenvalue weighted by Gasteiger charge is -2.28. The first-order valence-electron chi connectivity index (χ1n) is 6.34. The second-order valence-corrected chi connectivity index (χ2v) is 7.68. The first kappa shape index (κ1) is 15.5. The molecule has 0 atom stereocenters. The molecule has 0 aliphatic heterocycles. The van der Waals surface area contributed by atoms with Gasteiger partial charge >= 0.3 is 0 Å². The summed E-state index contributed by atoms with van der Waals surface area (Å²) in [5.41, 5.74) is 4.53. The minimum Gasteiger partial charge on any atom is -0.389 e. The molecule has 1 aliphatic rings. The maximum absolute atomic E-state index is 12.4. The second-order valence-electron chi connectivity index (χ2n) is 5.23. The molecule has 1 saturated carbocycles. The summed E-state index contributed by atoms with van der Waals surface area (Å²) in [6, 6.07) is 1.27. The van der Waals surface area contributed by atoms with Crippen LogP contribution in [-0.2, 0) is 10.0 Å². The lowest BCUT2D eigenvalue weighted by Crippen LogP contribution is -2.42. The quantitative estimate of drug-likeness (QED) is 0.870. The van der Waals surface area contributed by atoms with Gasteiger partial charge in [0.2, 0.25) is 10.0 Å². The highest BCUT2D eigenvalue weighted by Gasteiger charge is 2.36. The number of nitrogens with two attached hydrogens (primary N) is 1. The van der Waals surface area contributed by atoms with E-state index < -0.39 is 15.6 Å². The van der Waals surface area contributed by atoms with E-state index >= 15 is 0 Å². The van der Waals surface area contributed by atoms with E-state index in [1.165, 1.54) is 19.3 Å². The fourth-order valence-electron chi connectivity index (χ4n) is 2.44. The van der Waals surface area contributed by atoms with Gasteiger partial charge in [0.25, 0.3) is 0 Å². The zero-order valence-corrected chi connectivity index (χ0v) is 12.8. The molecule has 0 radical (unpaired) electrons. The van der Waals surface area contributed by atoms with Crippen LogP contribution in [0.5, 0.6) is 0 Å². The molecule has 1 aromatic rings. The van der Waals surface area contributed by atoms with Crippen molar-refractivity contribution in [1.82, 2.24) is 9.29 Å². The highest BCUT2D eigenvalue weighted by atomic mass is 35.5. The molecule has 2 rings (SSSR count). The van der Waals surface area contributed by atoms with Crippen LogP contribution >= 0.6 is 11.6 Å². The number of nitrogen functional groups attached to an aromatic ring is 1. The van der Waals surface area contributed by atoms with Gasteiger partial charge in [-0.3, -0.25) is 0 Å². The molecule has 0 saturated heterocycles. The number of halogens is 1. The average Bonchev–Trinajstić information content (AvgIpc) is 2.79. The molecule has 0 spiro atoms. The highest BCUT2D eigenvalue weighted by molar-refractivity contribution is 7.89. The standard InChI is InChI=1S/C12H18ClN3O3S/c1-16(8-12(17)4-2-3-5-12)20(18,19)9-6-10(13)11(14)15-7-9/h6-7,17H,2-5,8H2,1H3,(H2,14,15). The zero-order chi connectivity index (χ0) is 15.0. The Hall–Kier alpha value is -0.890. The molecule has 1 aromatic heterocycles. The van der Waals surface area contributed by atoms with E-state index in [1.807, 2.05) is 0 Å². The molecular formula is C12H18ClN3O3S. The van der Waals surface area contributed by atoms with E-state index in [0.717, 1.165) is 17.1 Å². The van der Waals surface area contributed by atoms with E-state index in [2.05, 4.69) is 4.98 Å². The molecule has 1 fully saturated rings. The van der Waals surface area contributed by atoms with Gasteiger partial charge < -0.3 is 10.8 Å². The molecule has 0 bridgehead atoms. The molecule has 0 unspecified atom stereocenters. The van der Waals surface area contributed by atoms with Gasteiger partial charge in [0.05, 0.1) is 10.6 Å². The van der Waals surface area contributed by atoms with Crippen molar-refractivity contribution in [3.8, 4) is 0 Å². The molecule has 0 aromatic carbocycles. The van der Waals surface area contributed by atoms with E-state index in [9.17, 15) is 13.5 Å². The number of nitrogens with zero attached hydrogens (tertiary/aromatic N) is 2. The number of likely N-dealkylation sites (N-methyl/N-ethyl adjacent to an activating group) is 1. The van der Waals surface area contributed by atoms with Gasteiger partial charge in [-0.15, -0.1) is 0 Å². The number of hydrogen-bond donors (Lipinski definition) is 2. The van der Waals surface area contributed by atoms with Crippen LogP contribution in [0.15, 0.2) is 17.2 Å². The summed E-state index contributed by atoms with van der Waals surface area (Å²) in [6.07, 6.45) is 4.24. The Morgan fingerprint density at radius 2 is 2.10 bits per heavy atom. The minimum absolute atomic E-state index is 0.0270. The van der Waals surface area contributed by atoms with Crippen molar-refractivity contribution in [3.05, 3.63) is 17.3 Å². The van der Waals surface area contributed by atoms with Crippen LogP contribution in [-0.4, -0.2) is 42.0 Å². The molecule has 20 heavy (non-hydrogen) atoms. The van der Waals surface area contributed by atoms with Crippen LogP contribution in [0.4, 0.5) is 5.82 Å². The van der Waals surface area contributed by atoms with Crippen molar-refractivity contribution < 1.29 is 13.5 Å². The number of anilines is 1. The third kappa shape index (κ3) is 3.06. The topological polar surface area (TPSA) is 96.5 Å². The first-order chi connectivity index (χ1) is 9.24. The van der Waals surface area contributed by atoms with Gasteiger partial charge in [0, 0.05) is 19.8 Å². The Morgan fingerprint density at radius 1 is 1.50 bits per heavy atom. The minimum atomic E-state index is -3.73. The average molecular weight is 320 g/mol. The number of sulfonamides is 1. The monoisotopic (exact) mass is 319 g/mol. The van der Waals surface area contributed by atoms with Crippen LogP contribution in [0.2, 0.25) is 5.02 Å². The Balaban J connectivity index is 2.22. The van der Waals surface area contributed by atoms with E-state index in [1.54, 1.807) is 0 Å². The van der Waals surface area contributed by atoms with E-state index in [0.29, 0.717) is 12.8 Å². The van der Waals surface area contributed by atoms with E-state index in [4.69, 9.17) is 17.3 Å². The van der Waals surface area contributed by atoms with Crippen LogP contribution in [0.3, 0.4) is 0 Å². The van der Waals surface area contributed by atoms with E-state index in [-0.39, 0.29) is 22.3 Å². The Morgan fingerprint density at radius 3 is 2.65 bits per heavy atom. The smallest absolute Gasteiger partial charge is 0.244 e. The molecule has 6 nitrogen and oxygen atoms in total. The molecule has 8 heteroatoms. The van der Waals surface area contributed by atoms with Gasteiger partial charge in [0.15, 0.2) is 0 Å². The van der Waals surface area contributed by atoms with Crippen molar-refractivity contribution in [2.75, 3.05) is 19.3 Å². The van der Waals surface area contributed by atoms with Gasteiger partial charge in [-0.1, -0.05) is 24.4 Å². The van der Waals surface area contributed by atoms with Crippen LogP contribution < -0.4 is 5.73 Å². The summed E-state index contributed by atoms with van der Waals surface area (Å²) >= 11 is 5.80. The predicted molar refractivity (Wildman–Crippen MR) is 76.9 cm³/mol. The number of aromatic nitrogens is 1. The van der Waals surface area contributed by atoms with Crippen molar-refractivity contribution in [3.63, 3.8) is 0 Å². The predicted octanol–water partition coefficient (Wildman–Crippen LogP) is 1.24. The molecule has 112 valence electrons. The number of aliphatic hydroxyl groups is 1. The number of hydrogen-bond acceptors (Lipinski definition) is 5. The maximum atomic E-state index is 12.4. The largest absolute Gasteiger partial charge is 0.389 e. The van der Waals surface area contributed by atoms with Gasteiger partial charge in [-0.2, -0.15) is 4.31 Å². The summed E-state index contributed by atoms with van der Waals surface area (Å²) in [5, 5.41) is 10.4. The molecule has 1 heterocycles. The Labute approximate surface area is 123 Å². The van der Waals surface area contributed by atoms with Gasteiger partial charge in [-0.05, 0) is 18.9 Å². The van der Waals surface area contributed by atoms with Crippen LogP contribution in [0.1, 0.15) is 25.7 Å². The lowest BCUT2D eigenvalue weighted by atomic mass is 10.0. The van der Waals surface area contributed by atoms with Gasteiger partial charge in [0.1, 0.15) is 10.7 Å². The Kier molecular flexibility index (Phi) is 4.24. The summed E-state index contributed by atoms with van der Waals surface area (Å²) < 4.78 is 25.9. The molecular weight excluding hydrogens is 302 g/mol. The fourth-order valence-corrected chi connectivity index (χ4v) is 3.90. The molecule has 1 aliphatic carbocycles. The molecule has 0 amide bonds. The normalized spacial score (nSPS) is 18.6. The van der Waals surface area contributed by atoms with Crippen LogP contribution in [0, 0.1) is 0 Å². The summed E-state index contributed by atoms with van der Waals surface area (Å²) in [7, 11) is -2.29. The van der Waals surface area contributed by atoms with Crippen molar-refractivity contribution in [2.24, 2.45) is 0 Å². The maximum Gasteiger partial charge on any atom is 0.244 e. The van der Waals surface area contributed by atoms with Crippen molar-refractivity contribution in [2.45, 2.75) is 36.2 Å².